The Kier molecular flexibility index (Phi) is 7.80. The van der Waals surface area contributed by atoms with Gasteiger partial charge >= 0.3 is 6.09 Å². The standard InChI is InChI=1S/C12H20N6O3/c1-9(19)10(13)4-2-3-6-14-12(20)21-7-5-11-17-15-8-16-18-11/h8,10H,2-7,13H2,1H3,(H,14,20). The zero-order chi connectivity index (χ0) is 15.5. The molecule has 1 heterocycles. The van der Waals surface area contributed by atoms with E-state index in [1.807, 2.05) is 0 Å². The maximum atomic E-state index is 11.4. The van der Waals surface area contributed by atoms with Crippen LogP contribution in [0.2, 0.25) is 0 Å². The van der Waals surface area contributed by atoms with Crippen LogP contribution in [-0.4, -0.2) is 51.5 Å². The summed E-state index contributed by atoms with van der Waals surface area (Å²) in [7, 11) is 0. The quantitative estimate of drug-likeness (QED) is 0.589. The first-order valence-electron chi connectivity index (χ1n) is 6.75. The number of hydrogen-bond acceptors (Lipinski definition) is 8. The molecule has 1 rings (SSSR count). The molecule has 1 unspecified atom stereocenters. The molecule has 9 heteroatoms. The highest BCUT2D eigenvalue weighted by Crippen LogP contribution is 1.99. The second kappa shape index (κ2) is 9.70. The fourth-order valence-electron chi connectivity index (χ4n) is 1.50. The van der Waals surface area contributed by atoms with Gasteiger partial charge in [-0.25, -0.2) is 4.79 Å². The Bertz CT molecular complexity index is 442. The van der Waals surface area contributed by atoms with Gasteiger partial charge in [-0.15, -0.1) is 20.4 Å². The smallest absolute Gasteiger partial charge is 0.407 e. The van der Waals surface area contributed by atoms with Gasteiger partial charge in [-0.1, -0.05) is 0 Å². The number of nitrogens with two attached hydrogens (primary N) is 1. The van der Waals surface area contributed by atoms with E-state index < -0.39 is 12.1 Å². The van der Waals surface area contributed by atoms with E-state index in [4.69, 9.17) is 10.5 Å². The normalized spacial score (nSPS) is 11.7. The molecule has 0 saturated heterocycles. The zero-order valence-electron chi connectivity index (χ0n) is 12.0. The number of nitrogens with zero attached hydrogens (tertiary/aromatic N) is 4. The molecule has 3 N–H and O–H groups in total. The van der Waals surface area contributed by atoms with E-state index in [1.54, 1.807) is 0 Å². The van der Waals surface area contributed by atoms with Gasteiger partial charge in [0.15, 0.2) is 12.2 Å². The maximum absolute atomic E-state index is 11.4. The lowest BCUT2D eigenvalue weighted by Gasteiger charge is -2.08. The van der Waals surface area contributed by atoms with Crippen LogP contribution < -0.4 is 11.1 Å². The van der Waals surface area contributed by atoms with E-state index in [1.165, 1.54) is 13.3 Å². The van der Waals surface area contributed by atoms with Gasteiger partial charge in [0.2, 0.25) is 0 Å². The van der Waals surface area contributed by atoms with Crippen LogP contribution in [-0.2, 0) is 16.0 Å². The van der Waals surface area contributed by atoms with E-state index in [9.17, 15) is 9.59 Å². The molecule has 0 saturated carbocycles. The van der Waals surface area contributed by atoms with Crippen LogP contribution in [0.4, 0.5) is 4.79 Å². The third-order valence-corrected chi connectivity index (χ3v) is 2.74. The summed E-state index contributed by atoms with van der Waals surface area (Å²) in [4.78, 5) is 22.3. The van der Waals surface area contributed by atoms with Crippen molar-refractivity contribution >= 4 is 11.9 Å². The molecule has 0 fully saturated rings. The summed E-state index contributed by atoms with van der Waals surface area (Å²) in [6, 6.07) is -0.412. The highest BCUT2D eigenvalue weighted by molar-refractivity contribution is 5.81. The van der Waals surface area contributed by atoms with Gasteiger partial charge in [-0.3, -0.25) is 4.79 Å². The number of rotatable bonds is 9. The van der Waals surface area contributed by atoms with Crippen LogP contribution in [0.1, 0.15) is 32.0 Å². The second-order valence-electron chi connectivity index (χ2n) is 4.49. The van der Waals surface area contributed by atoms with Gasteiger partial charge in [0, 0.05) is 13.0 Å². The Morgan fingerprint density at radius 1 is 1.33 bits per heavy atom. The highest BCUT2D eigenvalue weighted by Gasteiger charge is 2.07. The van der Waals surface area contributed by atoms with Crippen LogP contribution in [0.3, 0.4) is 0 Å². The molecule has 1 amide bonds. The third kappa shape index (κ3) is 7.88. The van der Waals surface area contributed by atoms with Gasteiger partial charge in [-0.05, 0) is 26.2 Å². The summed E-state index contributed by atoms with van der Waals surface area (Å²) in [5, 5.41) is 17.2. The van der Waals surface area contributed by atoms with E-state index in [2.05, 4.69) is 25.7 Å². The van der Waals surface area contributed by atoms with Gasteiger partial charge in [-0.2, -0.15) is 0 Å². The van der Waals surface area contributed by atoms with Crippen molar-refractivity contribution in [3.8, 4) is 0 Å². The number of unbranched alkanes of at least 4 members (excludes halogenated alkanes) is 1. The van der Waals surface area contributed by atoms with Crippen LogP contribution in [0.25, 0.3) is 0 Å². The van der Waals surface area contributed by atoms with Crippen LogP contribution in [0.5, 0.6) is 0 Å². The average Bonchev–Trinajstić information content (AvgIpc) is 2.47. The van der Waals surface area contributed by atoms with Crippen molar-refractivity contribution in [3.05, 3.63) is 12.2 Å². The minimum atomic E-state index is -0.497. The molecule has 0 aliphatic rings. The largest absolute Gasteiger partial charge is 0.449 e. The second-order valence-corrected chi connectivity index (χ2v) is 4.49. The number of carbonyl (C=O) groups excluding carboxylic acids is 2. The molecule has 21 heavy (non-hydrogen) atoms. The lowest BCUT2D eigenvalue weighted by molar-refractivity contribution is -0.118. The average molecular weight is 296 g/mol. The van der Waals surface area contributed by atoms with Crippen molar-refractivity contribution in [2.75, 3.05) is 13.2 Å². The summed E-state index contributed by atoms with van der Waals surface area (Å²) in [5.74, 6) is 0.401. The molecule has 0 spiro atoms. The predicted molar refractivity (Wildman–Crippen MR) is 73.2 cm³/mol. The summed E-state index contributed by atoms with van der Waals surface area (Å²) < 4.78 is 4.95. The summed E-state index contributed by atoms with van der Waals surface area (Å²) in [6.45, 7) is 2.12. The Morgan fingerprint density at radius 2 is 2.05 bits per heavy atom. The minimum absolute atomic E-state index is 0.0190. The predicted octanol–water partition coefficient (Wildman–Crippen LogP) is -0.378. The number of amides is 1. The van der Waals surface area contributed by atoms with Gasteiger partial charge in [0.25, 0.3) is 0 Å². The number of aromatic nitrogens is 4. The molecule has 0 aliphatic carbocycles. The van der Waals surface area contributed by atoms with Crippen LogP contribution in [0.15, 0.2) is 6.33 Å². The molecule has 0 bridgehead atoms. The molecule has 0 aromatic carbocycles. The first kappa shape index (κ1) is 16.9. The lowest BCUT2D eigenvalue weighted by atomic mass is 10.1. The summed E-state index contributed by atoms with van der Waals surface area (Å²) in [5.41, 5.74) is 5.60. The van der Waals surface area contributed by atoms with Crippen molar-refractivity contribution in [1.82, 2.24) is 25.7 Å². The molecule has 0 aliphatic heterocycles. The van der Waals surface area contributed by atoms with E-state index >= 15 is 0 Å². The van der Waals surface area contributed by atoms with Crippen LogP contribution >= 0.6 is 0 Å². The van der Waals surface area contributed by atoms with Gasteiger partial charge < -0.3 is 15.8 Å². The fraction of sp³-hybridized carbons (Fsp3) is 0.667. The molecular weight excluding hydrogens is 276 g/mol. The lowest BCUT2D eigenvalue weighted by Crippen LogP contribution is -2.29. The molecule has 1 aromatic rings. The Balaban J connectivity index is 2.00. The molecule has 9 nitrogen and oxygen atoms in total. The van der Waals surface area contributed by atoms with Crippen LogP contribution in [0, 0.1) is 0 Å². The Hall–Kier alpha value is -2.16. The van der Waals surface area contributed by atoms with Gasteiger partial charge in [0.05, 0.1) is 6.04 Å². The van der Waals surface area contributed by atoms with Crippen molar-refractivity contribution in [2.45, 2.75) is 38.6 Å². The summed E-state index contributed by atoms with van der Waals surface area (Å²) in [6.07, 6.45) is 3.23. The third-order valence-electron chi connectivity index (χ3n) is 2.74. The molecule has 0 radical (unpaired) electrons. The zero-order valence-corrected chi connectivity index (χ0v) is 12.0. The topological polar surface area (TPSA) is 133 Å². The number of ether oxygens (including phenoxy) is 1. The molecule has 116 valence electrons. The molecular formula is C12H20N6O3. The van der Waals surface area contributed by atoms with Gasteiger partial charge in [0.1, 0.15) is 12.4 Å². The van der Waals surface area contributed by atoms with E-state index in [0.29, 0.717) is 25.2 Å². The summed E-state index contributed by atoms with van der Waals surface area (Å²) >= 11 is 0. The monoisotopic (exact) mass is 296 g/mol. The SMILES string of the molecule is CC(=O)C(N)CCCCNC(=O)OCCc1nncnn1. The highest BCUT2D eigenvalue weighted by atomic mass is 16.5. The maximum Gasteiger partial charge on any atom is 0.407 e. The first-order chi connectivity index (χ1) is 10.1. The Labute approximate surface area is 122 Å². The number of carbonyl (C=O) groups is 2. The number of Topliss-reactive ketones (excluding diaryl/α,β-unsaturated/α-hetero) is 1. The number of hydrogen-bond donors (Lipinski definition) is 2. The number of ketones is 1. The van der Waals surface area contributed by atoms with Crippen molar-refractivity contribution < 1.29 is 14.3 Å². The molecule has 1 atom stereocenters. The fourth-order valence-corrected chi connectivity index (χ4v) is 1.50. The minimum Gasteiger partial charge on any atom is -0.449 e. The van der Waals surface area contributed by atoms with E-state index in [0.717, 1.165) is 12.8 Å². The first-order valence-corrected chi connectivity index (χ1v) is 6.75. The molecule has 1 aromatic heterocycles. The number of alkyl carbamates (subject to hydrolysis) is 1. The Morgan fingerprint density at radius 3 is 2.71 bits per heavy atom. The van der Waals surface area contributed by atoms with E-state index in [-0.39, 0.29) is 12.4 Å². The van der Waals surface area contributed by atoms with Crippen molar-refractivity contribution in [1.29, 1.82) is 0 Å². The number of nitrogens with one attached hydrogen (secondary N) is 1. The van der Waals surface area contributed by atoms with Crippen molar-refractivity contribution in [3.63, 3.8) is 0 Å². The van der Waals surface area contributed by atoms with Crippen molar-refractivity contribution in [2.24, 2.45) is 5.73 Å².